The SMILES string of the molecule is CC(C)c1noc(-c2ccnc(NCc3cccc(NC(=O)C4CCCC4)c3)c2)n1. The van der Waals surface area contributed by atoms with Crippen LogP contribution in [0.4, 0.5) is 11.5 Å². The zero-order valence-electron chi connectivity index (χ0n) is 17.4. The molecular formula is C23H27N5O2. The van der Waals surface area contributed by atoms with Gasteiger partial charge in [-0.3, -0.25) is 4.79 Å². The number of nitrogens with one attached hydrogen (secondary N) is 2. The molecule has 1 aliphatic carbocycles. The van der Waals surface area contributed by atoms with Crippen LogP contribution in [0, 0.1) is 5.92 Å². The highest BCUT2D eigenvalue weighted by Gasteiger charge is 2.22. The highest BCUT2D eigenvalue weighted by Crippen LogP contribution is 2.26. The third-order valence-corrected chi connectivity index (χ3v) is 5.36. The van der Waals surface area contributed by atoms with Crippen molar-refractivity contribution in [3.05, 3.63) is 54.0 Å². The molecule has 0 spiro atoms. The number of aromatic nitrogens is 3. The predicted molar refractivity (Wildman–Crippen MR) is 116 cm³/mol. The maximum Gasteiger partial charge on any atom is 0.258 e. The van der Waals surface area contributed by atoms with E-state index >= 15 is 0 Å². The molecule has 2 aromatic heterocycles. The lowest BCUT2D eigenvalue weighted by Crippen LogP contribution is -2.20. The maximum absolute atomic E-state index is 12.4. The summed E-state index contributed by atoms with van der Waals surface area (Å²) in [5.74, 6) is 2.39. The second kappa shape index (κ2) is 9.07. The third kappa shape index (κ3) is 4.84. The van der Waals surface area contributed by atoms with E-state index in [0.717, 1.165) is 48.3 Å². The first kappa shape index (κ1) is 20.1. The van der Waals surface area contributed by atoms with Gasteiger partial charge in [-0.1, -0.05) is 44.0 Å². The molecule has 0 saturated heterocycles. The van der Waals surface area contributed by atoms with Crippen molar-refractivity contribution in [1.82, 2.24) is 15.1 Å². The van der Waals surface area contributed by atoms with Crippen LogP contribution in [0.25, 0.3) is 11.5 Å². The number of anilines is 2. The molecule has 2 heterocycles. The predicted octanol–water partition coefficient (Wildman–Crippen LogP) is 5.00. The van der Waals surface area contributed by atoms with Crippen molar-refractivity contribution in [2.75, 3.05) is 10.6 Å². The third-order valence-electron chi connectivity index (χ3n) is 5.36. The number of hydrogen-bond donors (Lipinski definition) is 2. The minimum absolute atomic E-state index is 0.132. The fourth-order valence-electron chi connectivity index (χ4n) is 3.63. The molecule has 0 unspecified atom stereocenters. The maximum atomic E-state index is 12.4. The molecule has 2 N–H and O–H groups in total. The molecule has 7 nitrogen and oxygen atoms in total. The summed E-state index contributed by atoms with van der Waals surface area (Å²) >= 11 is 0. The van der Waals surface area contributed by atoms with Crippen LogP contribution >= 0.6 is 0 Å². The summed E-state index contributed by atoms with van der Waals surface area (Å²) in [4.78, 5) is 21.2. The van der Waals surface area contributed by atoms with Gasteiger partial charge in [0.15, 0.2) is 5.82 Å². The van der Waals surface area contributed by atoms with Crippen LogP contribution in [0.15, 0.2) is 47.1 Å². The summed E-state index contributed by atoms with van der Waals surface area (Å²) in [5.41, 5.74) is 2.72. The molecule has 4 rings (SSSR count). The fourth-order valence-corrected chi connectivity index (χ4v) is 3.63. The van der Waals surface area contributed by atoms with Gasteiger partial charge in [0.1, 0.15) is 5.82 Å². The lowest BCUT2D eigenvalue weighted by molar-refractivity contribution is -0.119. The van der Waals surface area contributed by atoms with Gasteiger partial charge in [-0.2, -0.15) is 4.98 Å². The van der Waals surface area contributed by atoms with Crippen molar-refractivity contribution in [2.24, 2.45) is 5.92 Å². The van der Waals surface area contributed by atoms with Crippen LogP contribution < -0.4 is 10.6 Å². The standard InChI is InChI=1S/C23H27N5O2/c1-15(2)21-27-23(30-28-21)18-10-11-24-20(13-18)25-14-16-6-5-9-19(12-16)26-22(29)17-7-3-4-8-17/h5-6,9-13,15,17H,3-4,7-8,14H2,1-2H3,(H,24,25)(H,26,29). The molecule has 156 valence electrons. The van der Waals surface area contributed by atoms with Gasteiger partial charge in [0, 0.05) is 35.8 Å². The van der Waals surface area contributed by atoms with E-state index < -0.39 is 0 Å². The zero-order chi connectivity index (χ0) is 20.9. The molecule has 0 bridgehead atoms. The molecule has 0 radical (unpaired) electrons. The van der Waals surface area contributed by atoms with Crippen molar-refractivity contribution in [1.29, 1.82) is 0 Å². The Morgan fingerprint density at radius 2 is 2.03 bits per heavy atom. The summed E-state index contributed by atoms with van der Waals surface area (Å²) in [5, 5.41) is 10.4. The van der Waals surface area contributed by atoms with Crippen molar-refractivity contribution in [2.45, 2.75) is 52.0 Å². The summed E-state index contributed by atoms with van der Waals surface area (Å²) in [6, 6.07) is 11.6. The average Bonchev–Trinajstić information content (AvgIpc) is 3.45. The van der Waals surface area contributed by atoms with Crippen LogP contribution in [-0.2, 0) is 11.3 Å². The van der Waals surface area contributed by atoms with E-state index in [0.29, 0.717) is 18.3 Å². The first-order valence-electron chi connectivity index (χ1n) is 10.5. The molecule has 7 heteroatoms. The normalized spacial score (nSPS) is 14.2. The van der Waals surface area contributed by atoms with E-state index in [1.54, 1.807) is 6.20 Å². The van der Waals surface area contributed by atoms with Crippen LogP contribution in [0.3, 0.4) is 0 Å². The highest BCUT2D eigenvalue weighted by atomic mass is 16.5. The van der Waals surface area contributed by atoms with Crippen molar-refractivity contribution in [3.8, 4) is 11.5 Å². The van der Waals surface area contributed by atoms with Crippen LogP contribution in [-0.4, -0.2) is 21.0 Å². The molecule has 1 saturated carbocycles. The van der Waals surface area contributed by atoms with E-state index in [1.807, 2.05) is 50.2 Å². The van der Waals surface area contributed by atoms with Crippen molar-refractivity contribution in [3.63, 3.8) is 0 Å². The second-order valence-corrected chi connectivity index (χ2v) is 8.07. The Balaban J connectivity index is 1.39. The van der Waals surface area contributed by atoms with Crippen LogP contribution in [0.2, 0.25) is 0 Å². The molecule has 1 fully saturated rings. The molecule has 1 aliphatic rings. The summed E-state index contributed by atoms with van der Waals surface area (Å²) in [6.45, 7) is 4.64. The minimum atomic E-state index is 0.132. The molecule has 3 aromatic rings. The number of benzene rings is 1. The number of rotatable bonds is 7. The average molecular weight is 406 g/mol. The van der Waals surface area contributed by atoms with E-state index in [2.05, 4.69) is 25.8 Å². The van der Waals surface area contributed by atoms with Gasteiger partial charge in [0.05, 0.1) is 0 Å². The van der Waals surface area contributed by atoms with Crippen molar-refractivity contribution < 1.29 is 9.32 Å². The number of hydrogen-bond acceptors (Lipinski definition) is 6. The Morgan fingerprint density at radius 1 is 1.20 bits per heavy atom. The Kier molecular flexibility index (Phi) is 6.07. The Hall–Kier alpha value is -3.22. The first-order valence-corrected chi connectivity index (χ1v) is 10.5. The monoisotopic (exact) mass is 405 g/mol. The van der Waals surface area contributed by atoms with E-state index in [9.17, 15) is 4.79 Å². The first-order chi connectivity index (χ1) is 14.6. The smallest absolute Gasteiger partial charge is 0.258 e. The molecule has 0 aliphatic heterocycles. The number of nitrogens with zero attached hydrogens (tertiary/aromatic N) is 3. The minimum Gasteiger partial charge on any atom is -0.366 e. The number of carbonyl (C=O) groups is 1. The summed E-state index contributed by atoms with van der Waals surface area (Å²) < 4.78 is 5.37. The number of amides is 1. The molecule has 1 aromatic carbocycles. The zero-order valence-corrected chi connectivity index (χ0v) is 17.4. The summed E-state index contributed by atoms with van der Waals surface area (Å²) in [7, 11) is 0. The summed E-state index contributed by atoms with van der Waals surface area (Å²) in [6.07, 6.45) is 6.00. The van der Waals surface area contributed by atoms with Gasteiger partial charge in [0.25, 0.3) is 5.89 Å². The van der Waals surface area contributed by atoms with Gasteiger partial charge in [-0.05, 0) is 42.7 Å². The Morgan fingerprint density at radius 3 is 2.80 bits per heavy atom. The van der Waals surface area contributed by atoms with Gasteiger partial charge < -0.3 is 15.2 Å². The lowest BCUT2D eigenvalue weighted by Gasteiger charge is -2.12. The second-order valence-electron chi connectivity index (χ2n) is 8.07. The van der Waals surface area contributed by atoms with Crippen molar-refractivity contribution >= 4 is 17.4 Å². The van der Waals surface area contributed by atoms with Gasteiger partial charge in [-0.25, -0.2) is 4.98 Å². The topological polar surface area (TPSA) is 92.9 Å². The molecular weight excluding hydrogens is 378 g/mol. The van der Waals surface area contributed by atoms with Gasteiger partial charge >= 0.3 is 0 Å². The van der Waals surface area contributed by atoms with Gasteiger partial charge in [0.2, 0.25) is 5.91 Å². The van der Waals surface area contributed by atoms with Crippen LogP contribution in [0.1, 0.15) is 56.8 Å². The highest BCUT2D eigenvalue weighted by molar-refractivity contribution is 5.92. The van der Waals surface area contributed by atoms with Crippen LogP contribution in [0.5, 0.6) is 0 Å². The quantitative estimate of drug-likeness (QED) is 0.575. The largest absolute Gasteiger partial charge is 0.366 e. The lowest BCUT2D eigenvalue weighted by atomic mass is 10.1. The van der Waals surface area contributed by atoms with Gasteiger partial charge in [-0.15, -0.1) is 0 Å². The Labute approximate surface area is 176 Å². The Bertz CT molecular complexity index is 1010. The van der Waals surface area contributed by atoms with E-state index in [4.69, 9.17) is 4.52 Å². The molecule has 1 amide bonds. The molecule has 30 heavy (non-hydrogen) atoms. The van der Waals surface area contributed by atoms with E-state index in [-0.39, 0.29) is 17.7 Å². The molecule has 0 atom stereocenters. The number of carbonyl (C=O) groups excluding carboxylic acids is 1. The van der Waals surface area contributed by atoms with E-state index in [1.165, 1.54) is 0 Å². The number of pyridine rings is 1. The fraction of sp³-hybridized carbons (Fsp3) is 0.391.